The Labute approximate surface area is 126 Å². The SMILES string of the molecule is CC1CCCC1CNCc1c(Cl)cccc1S(C)(=O)=O. The molecule has 0 heterocycles. The predicted octanol–water partition coefficient (Wildman–Crippen LogP) is 3.27. The minimum atomic E-state index is -3.24. The first kappa shape index (κ1) is 15.8. The van der Waals surface area contributed by atoms with Gasteiger partial charge in [0.15, 0.2) is 9.84 Å². The number of rotatable bonds is 5. The van der Waals surface area contributed by atoms with Crippen LogP contribution in [0.5, 0.6) is 0 Å². The molecule has 0 radical (unpaired) electrons. The Balaban J connectivity index is 2.06. The lowest BCUT2D eigenvalue weighted by Crippen LogP contribution is -2.24. The molecule has 1 N–H and O–H groups in total. The summed E-state index contributed by atoms with van der Waals surface area (Å²) in [6.07, 6.45) is 5.08. The molecule has 2 atom stereocenters. The second kappa shape index (κ2) is 6.46. The standard InChI is InChI=1S/C15H22ClNO2S/c1-11-5-3-6-12(11)9-17-10-13-14(16)7-4-8-15(13)20(2,18)19/h4,7-8,11-12,17H,3,5-6,9-10H2,1-2H3. The quantitative estimate of drug-likeness (QED) is 0.907. The number of hydrogen-bond acceptors (Lipinski definition) is 3. The third kappa shape index (κ3) is 3.74. The smallest absolute Gasteiger partial charge is 0.175 e. The van der Waals surface area contributed by atoms with E-state index >= 15 is 0 Å². The minimum absolute atomic E-state index is 0.331. The molecule has 0 bridgehead atoms. The molecule has 1 aromatic carbocycles. The zero-order valence-electron chi connectivity index (χ0n) is 12.0. The van der Waals surface area contributed by atoms with Gasteiger partial charge >= 0.3 is 0 Å². The van der Waals surface area contributed by atoms with Crippen molar-refractivity contribution in [1.82, 2.24) is 5.32 Å². The van der Waals surface area contributed by atoms with E-state index in [9.17, 15) is 8.42 Å². The predicted molar refractivity (Wildman–Crippen MR) is 82.8 cm³/mol. The Bertz CT molecular complexity index is 571. The Hall–Kier alpha value is -0.580. The van der Waals surface area contributed by atoms with Crippen LogP contribution in [0, 0.1) is 11.8 Å². The summed E-state index contributed by atoms with van der Waals surface area (Å²) in [6, 6.07) is 5.04. The summed E-state index contributed by atoms with van der Waals surface area (Å²) in [5.41, 5.74) is 0.683. The van der Waals surface area contributed by atoms with Crippen molar-refractivity contribution in [2.45, 2.75) is 37.6 Å². The summed E-state index contributed by atoms with van der Waals surface area (Å²) >= 11 is 6.16. The van der Waals surface area contributed by atoms with E-state index < -0.39 is 9.84 Å². The lowest BCUT2D eigenvalue weighted by atomic mass is 9.98. The molecule has 0 saturated heterocycles. The Morgan fingerprint density at radius 2 is 2.10 bits per heavy atom. The van der Waals surface area contributed by atoms with Crippen LogP contribution in [-0.4, -0.2) is 21.2 Å². The molecule has 1 aliphatic carbocycles. The Kier molecular flexibility index (Phi) is 5.10. The van der Waals surface area contributed by atoms with Crippen LogP contribution >= 0.6 is 11.6 Å². The molecule has 0 aliphatic heterocycles. The lowest BCUT2D eigenvalue weighted by Gasteiger charge is -2.17. The molecule has 1 fully saturated rings. The summed E-state index contributed by atoms with van der Waals surface area (Å²) in [4.78, 5) is 0.331. The van der Waals surface area contributed by atoms with Gasteiger partial charge in [0.1, 0.15) is 0 Å². The molecule has 0 amide bonds. The molecule has 2 unspecified atom stereocenters. The van der Waals surface area contributed by atoms with Crippen LogP contribution in [0.4, 0.5) is 0 Å². The van der Waals surface area contributed by atoms with Crippen molar-refractivity contribution in [3.05, 3.63) is 28.8 Å². The topological polar surface area (TPSA) is 46.2 Å². The van der Waals surface area contributed by atoms with Crippen LogP contribution in [0.2, 0.25) is 5.02 Å². The number of halogens is 1. The third-order valence-corrected chi connectivity index (χ3v) is 5.76. The van der Waals surface area contributed by atoms with Gasteiger partial charge in [0, 0.05) is 23.4 Å². The van der Waals surface area contributed by atoms with Crippen molar-refractivity contribution >= 4 is 21.4 Å². The molecule has 1 aromatic rings. The van der Waals surface area contributed by atoms with Gasteiger partial charge in [0.25, 0.3) is 0 Å². The van der Waals surface area contributed by atoms with Crippen molar-refractivity contribution < 1.29 is 8.42 Å². The van der Waals surface area contributed by atoms with E-state index in [0.717, 1.165) is 12.5 Å². The van der Waals surface area contributed by atoms with E-state index in [4.69, 9.17) is 11.6 Å². The van der Waals surface area contributed by atoms with Gasteiger partial charge in [0.2, 0.25) is 0 Å². The van der Waals surface area contributed by atoms with Crippen molar-refractivity contribution in [3.8, 4) is 0 Å². The highest BCUT2D eigenvalue weighted by Gasteiger charge is 2.23. The molecular formula is C15H22ClNO2S. The normalized spacial score (nSPS) is 23.1. The molecule has 1 aliphatic rings. The Morgan fingerprint density at radius 3 is 2.70 bits per heavy atom. The van der Waals surface area contributed by atoms with E-state index in [1.807, 2.05) is 0 Å². The maximum atomic E-state index is 11.8. The molecule has 2 rings (SSSR count). The summed E-state index contributed by atoms with van der Waals surface area (Å²) in [7, 11) is -3.24. The van der Waals surface area contributed by atoms with Gasteiger partial charge in [-0.2, -0.15) is 0 Å². The van der Waals surface area contributed by atoms with Gasteiger partial charge in [-0.15, -0.1) is 0 Å². The van der Waals surface area contributed by atoms with Crippen LogP contribution in [-0.2, 0) is 16.4 Å². The fourth-order valence-corrected chi connectivity index (χ4v) is 4.22. The summed E-state index contributed by atoms with van der Waals surface area (Å²) in [5, 5.41) is 3.89. The fraction of sp³-hybridized carbons (Fsp3) is 0.600. The van der Waals surface area contributed by atoms with E-state index in [1.165, 1.54) is 25.5 Å². The third-order valence-electron chi connectivity index (χ3n) is 4.22. The molecule has 0 aromatic heterocycles. The van der Waals surface area contributed by atoms with Gasteiger partial charge in [0.05, 0.1) is 4.90 Å². The van der Waals surface area contributed by atoms with Crippen molar-refractivity contribution in [3.63, 3.8) is 0 Å². The van der Waals surface area contributed by atoms with Gasteiger partial charge in [-0.1, -0.05) is 37.4 Å². The van der Waals surface area contributed by atoms with Gasteiger partial charge in [-0.25, -0.2) is 8.42 Å². The molecule has 3 nitrogen and oxygen atoms in total. The summed E-state index contributed by atoms with van der Waals surface area (Å²) in [6.45, 7) is 3.72. The van der Waals surface area contributed by atoms with Crippen LogP contribution in [0.3, 0.4) is 0 Å². The molecule has 20 heavy (non-hydrogen) atoms. The Morgan fingerprint density at radius 1 is 1.35 bits per heavy atom. The minimum Gasteiger partial charge on any atom is -0.312 e. The van der Waals surface area contributed by atoms with Crippen LogP contribution in [0.1, 0.15) is 31.7 Å². The average Bonchev–Trinajstić information content (AvgIpc) is 2.76. The van der Waals surface area contributed by atoms with Crippen LogP contribution in [0.25, 0.3) is 0 Å². The first-order chi connectivity index (χ1) is 9.39. The highest BCUT2D eigenvalue weighted by Crippen LogP contribution is 2.30. The zero-order valence-corrected chi connectivity index (χ0v) is 13.6. The van der Waals surface area contributed by atoms with E-state index in [2.05, 4.69) is 12.2 Å². The first-order valence-electron chi connectivity index (χ1n) is 7.07. The molecule has 5 heteroatoms. The van der Waals surface area contributed by atoms with Crippen LogP contribution < -0.4 is 5.32 Å². The van der Waals surface area contributed by atoms with Crippen molar-refractivity contribution in [2.24, 2.45) is 11.8 Å². The van der Waals surface area contributed by atoms with Crippen LogP contribution in [0.15, 0.2) is 23.1 Å². The van der Waals surface area contributed by atoms with E-state index in [1.54, 1.807) is 18.2 Å². The van der Waals surface area contributed by atoms with E-state index in [0.29, 0.717) is 27.9 Å². The number of nitrogens with one attached hydrogen (secondary N) is 1. The molecule has 1 saturated carbocycles. The maximum absolute atomic E-state index is 11.8. The summed E-state index contributed by atoms with van der Waals surface area (Å²) < 4.78 is 23.6. The molecule has 112 valence electrons. The molecule has 0 spiro atoms. The van der Waals surface area contributed by atoms with E-state index in [-0.39, 0.29) is 0 Å². The zero-order chi connectivity index (χ0) is 14.8. The monoisotopic (exact) mass is 315 g/mol. The second-order valence-electron chi connectivity index (χ2n) is 5.79. The number of benzene rings is 1. The maximum Gasteiger partial charge on any atom is 0.175 e. The lowest BCUT2D eigenvalue weighted by molar-refractivity contribution is 0.391. The largest absolute Gasteiger partial charge is 0.312 e. The van der Waals surface area contributed by atoms with Gasteiger partial charge in [-0.3, -0.25) is 0 Å². The summed E-state index contributed by atoms with van der Waals surface area (Å²) in [5.74, 6) is 1.45. The highest BCUT2D eigenvalue weighted by molar-refractivity contribution is 7.90. The number of hydrogen-bond donors (Lipinski definition) is 1. The van der Waals surface area contributed by atoms with Crippen molar-refractivity contribution in [1.29, 1.82) is 0 Å². The molecular weight excluding hydrogens is 294 g/mol. The van der Waals surface area contributed by atoms with Gasteiger partial charge < -0.3 is 5.32 Å². The van der Waals surface area contributed by atoms with Crippen molar-refractivity contribution in [2.75, 3.05) is 12.8 Å². The average molecular weight is 316 g/mol. The first-order valence-corrected chi connectivity index (χ1v) is 9.34. The second-order valence-corrected chi connectivity index (χ2v) is 8.18. The van der Waals surface area contributed by atoms with Gasteiger partial charge in [-0.05, 0) is 36.9 Å². The fourth-order valence-electron chi connectivity index (χ4n) is 2.97. The number of sulfone groups is 1. The highest BCUT2D eigenvalue weighted by atomic mass is 35.5.